The quantitative estimate of drug-likeness (QED) is 0.503. The summed E-state index contributed by atoms with van der Waals surface area (Å²) in [7, 11) is -0.801. The van der Waals surface area contributed by atoms with Gasteiger partial charge in [0.2, 0.25) is 10.0 Å². The summed E-state index contributed by atoms with van der Waals surface area (Å²) in [5.74, 6) is -1.28. The number of carbonyl (C=O) groups is 2. The summed E-state index contributed by atoms with van der Waals surface area (Å²) in [6.45, 7) is -0.534. The molecule has 0 saturated carbocycles. The molecular weight excluding hydrogens is 450 g/mol. The summed E-state index contributed by atoms with van der Waals surface area (Å²) in [4.78, 5) is 30.0. The van der Waals surface area contributed by atoms with Crippen molar-refractivity contribution in [2.75, 3.05) is 26.0 Å². The number of sulfonamides is 1. The van der Waals surface area contributed by atoms with Gasteiger partial charge >= 0.3 is 5.97 Å². The van der Waals surface area contributed by atoms with Crippen LogP contribution in [0, 0.1) is 0 Å². The van der Waals surface area contributed by atoms with Crippen molar-refractivity contribution in [1.82, 2.24) is 9.29 Å². The SMILES string of the molecule is CN(C)S(=O)(=O)c1cccc(NC(=O)COC(=O)c2cccnc2Sc2ccccc2)c1. The number of benzene rings is 2. The van der Waals surface area contributed by atoms with E-state index in [1.807, 2.05) is 30.3 Å². The fourth-order valence-electron chi connectivity index (χ4n) is 2.58. The van der Waals surface area contributed by atoms with Gasteiger partial charge in [-0.3, -0.25) is 4.79 Å². The minimum absolute atomic E-state index is 0.0373. The Balaban J connectivity index is 1.63. The lowest BCUT2D eigenvalue weighted by atomic mass is 10.3. The Hall–Kier alpha value is -3.21. The molecule has 2 aromatic carbocycles. The number of amides is 1. The van der Waals surface area contributed by atoms with E-state index in [1.54, 1.807) is 24.4 Å². The molecule has 8 nitrogen and oxygen atoms in total. The maximum Gasteiger partial charge on any atom is 0.341 e. The van der Waals surface area contributed by atoms with E-state index >= 15 is 0 Å². The molecule has 32 heavy (non-hydrogen) atoms. The molecule has 0 bridgehead atoms. The Morgan fingerprint density at radius 3 is 2.50 bits per heavy atom. The topological polar surface area (TPSA) is 106 Å². The molecule has 1 heterocycles. The van der Waals surface area contributed by atoms with Crippen LogP contribution in [0.15, 0.2) is 87.7 Å². The number of aromatic nitrogens is 1. The second-order valence-electron chi connectivity index (χ2n) is 6.71. The highest BCUT2D eigenvalue weighted by molar-refractivity contribution is 7.99. The molecule has 0 aliphatic rings. The fraction of sp³-hybridized carbons (Fsp3) is 0.136. The molecule has 0 aliphatic heterocycles. The number of hydrogen-bond donors (Lipinski definition) is 1. The number of anilines is 1. The van der Waals surface area contributed by atoms with E-state index in [9.17, 15) is 18.0 Å². The van der Waals surface area contributed by atoms with Gasteiger partial charge in [-0.15, -0.1) is 0 Å². The van der Waals surface area contributed by atoms with Crippen LogP contribution in [0.4, 0.5) is 5.69 Å². The zero-order valence-corrected chi connectivity index (χ0v) is 19.0. The standard InChI is InChI=1S/C22H21N3O5S2/c1-25(2)32(28,29)18-11-6-8-16(14-18)24-20(26)15-30-22(27)19-12-7-13-23-21(19)31-17-9-4-3-5-10-17/h3-14H,15H2,1-2H3,(H,24,26). The number of ether oxygens (including phenoxy) is 1. The maximum absolute atomic E-state index is 12.5. The zero-order chi connectivity index (χ0) is 23.1. The molecule has 0 saturated heterocycles. The summed E-state index contributed by atoms with van der Waals surface area (Å²) in [6, 6.07) is 18.5. The molecule has 0 unspecified atom stereocenters. The van der Waals surface area contributed by atoms with Crippen LogP contribution in [0.5, 0.6) is 0 Å². The van der Waals surface area contributed by atoms with E-state index < -0.39 is 28.5 Å². The highest BCUT2D eigenvalue weighted by Gasteiger charge is 2.19. The smallest absolute Gasteiger partial charge is 0.341 e. The van der Waals surface area contributed by atoms with Crippen LogP contribution in [0.3, 0.4) is 0 Å². The van der Waals surface area contributed by atoms with Crippen molar-refractivity contribution in [2.24, 2.45) is 0 Å². The van der Waals surface area contributed by atoms with Gasteiger partial charge in [0.05, 0.1) is 10.5 Å². The van der Waals surface area contributed by atoms with E-state index in [-0.39, 0.29) is 16.1 Å². The van der Waals surface area contributed by atoms with Crippen molar-refractivity contribution < 1.29 is 22.7 Å². The molecule has 1 N–H and O–H groups in total. The van der Waals surface area contributed by atoms with Crippen molar-refractivity contribution in [3.8, 4) is 0 Å². The summed E-state index contributed by atoms with van der Waals surface area (Å²) >= 11 is 1.31. The van der Waals surface area contributed by atoms with E-state index in [0.717, 1.165) is 9.20 Å². The predicted octanol–water partition coefficient (Wildman–Crippen LogP) is 3.28. The molecule has 0 atom stereocenters. The Morgan fingerprint density at radius 1 is 1.03 bits per heavy atom. The lowest BCUT2D eigenvalue weighted by Gasteiger charge is -2.13. The Kier molecular flexibility index (Phi) is 7.62. The van der Waals surface area contributed by atoms with Crippen molar-refractivity contribution in [2.45, 2.75) is 14.8 Å². The lowest BCUT2D eigenvalue weighted by Crippen LogP contribution is -2.23. The third-order valence-corrected chi connectivity index (χ3v) is 7.02. The molecule has 1 amide bonds. The molecule has 0 fully saturated rings. The van der Waals surface area contributed by atoms with Crippen LogP contribution < -0.4 is 5.32 Å². The average Bonchev–Trinajstić information content (AvgIpc) is 2.78. The summed E-state index contributed by atoms with van der Waals surface area (Å²) < 4.78 is 30.7. The van der Waals surface area contributed by atoms with Crippen molar-refractivity contribution in [3.63, 3.8) is 0 Å². The van der Waals surface area contributed by atoms with Gasteiger partial charge in [0.25, 0.3) is 5.91 Å². The highest BCUT2D eigenvalue weighted by atomic mass is 32.2. The number of rotatable bonds is 8. The molecule has 0 aliphatic carbocycles. The van der Waals surface area contributed by atoms with Crippen molar-refractivity contribution in [1.29, 1.82) is 0 Å². The van der Waals surface area contributed by atoms with Gasteiger partial charge in [-0.2, -0.15) is 0 Å². The first kappa shape index (κ1) is 23.5. The van der Waals surface area contributed by atoms with Gasteiger partial charge in [0.1, 0.15) is 5.03 Å². The van der Waals surface area contributed by atoms with Crippen molar-refractivity contribution >= 4 is 39.3 Å². The molecule has 166 valence electrons. The van der Waals surface area contributed by atoms with Gasteiger partial charge in [0, 0.05) is 30.9 Å². The summed E-state index contributed by atoms with van der Waals surface area (Å²) in [5.41, 5.74) is 0.518. The third kappa shape index (κ3) is 5.94. The normalized spacial score (nSPS) is 11.2. The number of nitrogens with one attached hydrogen (secondary N) is 1. The second-order valence-corrected chi connectivity index (χ2v) is 9.92. The van der Waals surface area contributed by atoms with Gasteiger partial charge in [0.15, 0.2) is 6.61 Å². The lowest BCUT2D eigenvalue weighted by molar-refractivity contribution is -0.119. The van der Waals surface area contributed by atoms with Crippen LogP contribution in [-0.2, 0) is 19.6 Å². The first-order chi connectivity index (χ1) is 15.3. The average molecular weight is 472 g/mol. The van der Waals surface area contributed by atoms with Crippen LogP contribution in [0.25, 0.3) is 0 Å². The zero-order valence-electron chi connectivity index (χ0n) is 17.4. The van der Waals surface area contributed by atoms with Gasteiger partial charge < -0.3 is 10.1 Å². The second kappa shape index (κ2) is 10.4. The molecule has 0 radical (unpaired) electrons. The highest BCUT2D eigenvalue weighted by Crippen LogP contribution is 2.28. The largest absolute Gasteiger partial charge is 0.452 e. The molecule has 3 rings (SSSR count). The number of hydrogen-bond acceptors (Lipinski definition) is 7. The van der Waals surface area contributed by atoms with Crippen LogP contribution in [0.1, 0.15) is 10.4 Å². The predicted molar refractivity (Wildman–Crippen MR) is 121 cm³/mol. The number of nitrogens with zero attached hydrogens (tertiary/aromatic N) is 2. The Labute approximate surface area is 190 Å². The van der Waals surface area contributed by atoms with Crippen LogP contribution in [-0.4, -0.2) is 50.3 Å². The molecule has 1 aromatic heterocycles. The number of carbonyl (C=O) groups excluding carboxylic acids is 2. The summed E-state index contributed by atoms with van der Waals surface area (Å²) in [6.07, 6.45) is 1.57. The van der Waals surface area contributed by atoms with Gasteiger partial charge in [-0.05, 0) is 42.5 Å². The van der Waals surface area contributed by atoms with E-state index in [2.05, 4.69) is 10.3 Å². The Bertz CT molecular complexity index is 1220. The van der Waals surface area contributed by atoms with E-state index in [4.69, 9.17) is 4.74 Å². The van der Waals surface area contributed by atoms with Crippen molar-refractivity contribution in [3.05, 3.63) is 78.5 Å². The minimum atomic E-state index is -3.64. The van der Waals surface area contributed by atoms with E-state index in [1.165, 1.54) is 44.1 Å². The number of pyridine rings is 1. The first-order valence-electron chi connectivity index (χ1n) is 9.45. The van der Waals surface area contributed by atoms with Crippen LogP contribution in [0.2, 0.25) is 0 Å². The minimum Gasteiger partial charge on any atom is -0.452 e. The first-order valence-corrected chi connectivity index (χ1v) is 11.7. The number of esters is 1. The van der Waals surface area contributed by atoms with Crippen LogP contribution >= 0.6 is 11.8 Å². The monoisotopic (exact) mass is 471 g/mol. The maximum atomic E-state index is 12.5. The van der Waals surface area contributed by atoms with E-state index in [0.29, 0.717) is 5.03 Å². The Morgan fingerprint density at radius 2 is 1.78 bits per heavy atom. The third-order valence-electron chi connectivity index (χ3n) is 4.18. The van der Waals surface area contributed by atoms with Gasteiger partial charge in [-0.1, -0.05) is 36.0 Å². The molecule has 3 aromatic rings. The summed E-state index contributed by atoms with van der Waals surface area (Å²) in [5, 5.41) is 3.00. The molecule has 10 heteroatoms. The van der Waals surface area contributed by atoms with Gasteiger partial charge in [-0.25, -0.2) is 22.5 Å². The fourth-order valence-corrected chi connectivity index (χ4v) is 4.42. The molecule has 0 spiro atoms. The molecular formula is C22H21N3O5S2.